The van der Waals surface area contributed by atoms with Crippen molar-refractivity contribution in [3.05, 3.63) is 69.9 Å². The number of aliphatic hydroxyl groups is 3. The van der Waals surface area contributed by atoms with Gasteiger partial charge in [-0.05, 0) is 70.0 Å². The molecule has 0 aliphatic heterocycles. The molecule has 222 valence electrons. The second kappa shape index (κ2) is 10.6. The van der Waals surface area contributed by atoms with Gasteiger partial charge >= 0.3 is 0 Å². The third kappa shape index (κ3) is 4.27. The second-order valence-corrected chi connectivity index (χ2v) is 11.5. The topological polar surface area (TPSA) is 187 Å². The zero-order chi connectivity index (χ0) is 30.7. The number of phenolic OH excluding ortho intramolecular Hbond substituents is 1. The number of aromatic hydroxyl groups is 1. The van der Waals surface area contributed by atoms with E-state index in [9.17, 15) is 34.8 Å². The van der Waals surface area contributed by atoms with E-state index in [2.05, 4.69) is 5.32 Å². The number of nitrogens with one attached hydrogen (secondary N) is 1. The molecule has 0 radical (unpaired) electrons. The summed E-state index contributed by atoms with van der Waals surface area (Å²) < 4.78 is 5.32. The molecule has 0 unspecified atom stereocenters. The normalized spacial score (nSPS) is 26.0. The third-order valence-electron chi connectivity index (χ3n) is 8.84. The van der Waals surface area contributed by atoms with Gasteiger partial charge in [-0.1, -0.05) is 11.6 Å². The molecule has 1 aromatic heterocycles. The molecule has 1 fully saturated rings. The van der Waals surface area contributed by atoms with E-state index in [4.69, 9.17) is 10.2 Å². The van der Waals surface area contributed by atoms with Gasteiger partial charge in [-0.2, -0.15) is 0 Å². The molecule has 0 bridgehead atoms. The Labute approximate surface area is 242 Å². The fourth-order valence-corrected chi connectivity index (χ4v) is 6.67. The van der Waals surface area contributed by atoms with Crippen molar-refractivity contribution in [3.63, 3.8) is 0 Å². The number of nitrogens with zero attached hydrogens (tertiary/aromatic N) is 1. The number of furan rings is 1. The van der Waals surface area contributed by atoms with Crippen molar-refractivity contribution in [2.24, 2.45) is 17.6 Å². The van der Waals surface area contributed by atoms with Crippen LogP contribution in [-0.2, 0) is 27.3 Å². The minimum Gasteiger partial charge on any atom is -0.508 e. The summed E-state index contributed by atoms with van der Waals surface area (Å²) in [6, 6.07) is 2.43. The van der Waals surface area contributed by atoms with Crippen molar-refractivity contribution in [2.45, 2.75) is 44.9 Å². The van der Waals surface area contributed by atoms with E-state index in [1.54, 1.807) is 26.4 Å². The monoisotopic (exact) mass is 577 g/mol. The smallest absolute Gasteiger partial charge is 0.255 e. The molecule has 11 nitrogen and oxygen atoms in total. The van der Waals surface area contributed by atoms with Gasteiger partial charge in [0.1, 0.15) is 22.8 Å². The summed E-state index contributed by atoms with van der Waals surface area (Å²) in [5.41, 5.74) is 5.26. The molecule has 0 saturated heterocycles. The number of amides is 1. The van der Waals surface area contributed by atoms with E-state index in [0.717, 1.165) is 5.57 Å². The molecule has 11 heteroatoms. The van der Waals surface area contributed by atoms with Crippen LogP contribution in [0.4, 0.5) is 0 Å². The number of fused-ring (bicyclic) bond motifs is 3. The maximum atomic E-state index is 14.1. The zero-order valence-electron chi connectivity index (χ0n) is 23.9. The summed E-state index contributed by atoms with van der Waals surface area (Å²) in [6.45, 7) is 4.70. The van der Waals surface area contributed by atoms with Gasteiger partial charge < -0.3 is 35.9 Å². The lowest BCUT2D eigenvalue weighted by Crippen LogP contribution is -2.65. The van der Waals surface area contributed by atoms with Gasteiger partial charge in [0, 0.05) is 35.7 Å². The Morgan fingerprint density at radius 3 is 2.57 bits per heavy atom. The van der Waals surface area contributed by atoms with E-state index in [-0.39, 0.29) is 36.3 Å². The van der Waals surface area contributed by atoms with Crippen LogP contribution in [0.5, 0.6) is 5.75 Å². The molecule has 1 heterocycles. The lowest BCUT2D eigenvalue weighted by molar-refractivity contribution is -0.153. The van der Waals surface area contributed by atoms with Gasteiger partial charge in [0.15, 0.2) is 11.4 Å². The Hall–Kier alpha value is -4.19. The number of allylic oxidation sites excluding steroid dienone is 1. The van der Waals surface area contributed by atoms with Gasteiger partial charge in [-0.25, -0.2) is 0 Å². The number of hydrogen-bond donors (Lipinski definition) is 6. The number of aliphatic hydroxyl groups excluding tert-OH is 2. The van der Waals surface area contributed by atoms with Crippen molar-refractivity contribution in [1.82, 2.24) is 10.2 Å². The van der Waals surface area contributed by atoms with Gasteiger partial charge in [-0.15, -0.1) is 0 Å². The molecule has 2 aromatic rings. The molecule has 0 spiro atoms. The van der Waals surface area contributed by atoms with Crippen molar-refractivity contribution < 1.29 is 39.2 Å². The van der Waals surface area contributed by atoms with Crippen LogP contribution in [0.25, 0.3) is 16.9 Å². The van der Waals surface area contributed by atoms with Gasteiger partial charge in [-0.3, -0.25) is 19.3 Å². The number of carbonyl (C=O) groups is 3. The third-order valence-corrected chi connectivity index (χ3v) is 8.84. The van der Waals surface area contributed by atoms with Gasteiger partial charge in [0.25, 0.3) is 5.91 Å². The molecular formula is C31H35N3O8. The highest BCUT2D eigenvalue weighted by atomic mass is 16.3. The molecule has 4 atom stereocenters. The SMILES string of the molecule is C/C=C(/C)CNCc1cc(-c2ccoc2)c2c(c1O)C(O)=C1C(=O)[C@]3(O)C(O)=C(C(N)=O)C(=O)[C@@H](N(C)C)[C@@H]3C[C@@H]1C2. The van der Waals surface area contributed by atoms with Crippen LogP contribution in [0.1, 0.15) is 37.0 Å². The molecule has 7 N–H and O–H groups in total. The first-order valence-electron chi connectivity index (χ1n) is 13.7. The quantitative estimate of drug-likeness (QED) is 0.211. The summed E-state index contributed by atoms with van der Waals surface area (Å²) >= 11 is 0. The highest BCUT2D eigenvalue weighted by molar-refractivity contribution is 6.24. The number of rotatable bonds is 7. The predicted octanol–water partition coefficient (Wildman–Crippen LogP) is 2.28. The first kappa shape index (κ1) is 29.3. The minimum absolute atomic E-state index is 0.0171. The standard InChI is InChI=1S/C31H35N3O8/c1-5-14(2)11-33-12-17-9-18(15-6-7-42-13-15)19-8-16-10-20-24(34(3)4)27(37)23(30(32)40)29(39)31(20,41)28(38)21(16)26(36)22(19)25(17)35/h5-7,9,13,16,20,24,33,35-36,39,41H,8,10-12H2,1-4H3,(H2,32,40)/b14-5-/t16-,20-,24-,31-/m0/s1. The van der Waals surface area contributed by atoms with E-state index in [1.165, 1.54) is 11.2 Å². The highest BCUT2D eigenvalue weighted by Crippen LogP contribution is 2.54. The van der Waals surface area contributed by atoms with Crippen LogP contribution in [0, 0.1) is 11.8 Å². The summed E-state index contributed by atoms with van der Waals surface area (Å²) in [5.74, 6) is -6.78. The summed E-state index contributed by atoms with van der Waals surface area (Å²) in [5, 5.41) is 49.2. The number of primary amides is 1. The average molecular weight is 578 g/mol. The van der Waals surface area contributed by atoms with E-state index in [0.29, 0.717) is 28.8 Å². The second-order valence-electron chi connectivity index (χ2n) is 11.5. The van der Waals surface area contributed by atoms with E-state index < -0.39 is 58.0 Å². The molecule has 3 aliphatic carbocycles. The number of carbonyl (C=O) groups excluding carboxylic acids is 3. The molecule has 1 aromatic carbocycles. The Kier molecular flexibility index (Phi) is 7.38. The first-order chi connectivity index (χ1) is 19.8. The number of ketones is 2. The summed E-state index contributed by atoms with van der Waals surface area (Å²) in [6.07, 6.45) is 5.23. The highest BCUT2D eigenvalue weighted by Gasteiger charge is 2.64. The fourth-order valence-electron chi connectivity index (χ4n) is 6.67. The average Bonchev–Trinajstić information content (AvgIpc) is 3.46. The number of likely N-dealkylation sites (N-methyl/N-ethyl adjacent to an activating group) is 1. The van der Waals surface area contributed by atoms with Crippen molar-refractivity contribution >= 4 is 23.2 Å². The van der Waals surface area contributed by atoms with Crippen LogP contribution < -0.4 is 11.1 Å². The Morgan fingerprint density at radius 2 is 1.98 bits per heavy atom. The van der Waals surface area contributed by atoms with Gasteiger partial charge in [0.2, 0.25) is 5.78 Å². The molecule has 3 aliphatic rings. The summed E-state index contributed by atoms with van der Waals surface area (Å²) in [4.78, 5) is 41.1. The van der Waals surface area contributed by atoms with Gasteiger partial charge in [0.05, 0.1) is 24.1 Å². The number of Topliss-reactive ketones (excluding diaryl/α,β-unsaturated/α-hetero) is 2. The molecule has 5 rings (SSSR count). The number of nitrogens with two attached hydrogens (primary N) is 1. The van der Waals surface area contributed by atoms with E-state index >= 15 is 0 Å². The van der Waals surface area contributed by atoms with Crippen molar-refractivity contribution in [2.75, 3.05) is 20.6 Å². The van der Waals surface area contributed by atoms with Crippen LogP contribution in [0.2, 0.25) is 0 Å². The van der Waals surface area contributed by atoms with Crippen molar-refractivity contribution in [1.29, 1.82) is 0 Å². The van der Waals surface area contributed by atoms with Crippen molar-refractivity contribution in [3.8, 4) is 16.9 Å². The molecule has 1 amide bonds. The predicted molar refractivity (Wildman–Crippen MR) is 153 cm³/mol. The molecule has 1 saturated carbocycles. The van der Waals surface area contributed by atoms with Crippen LogP contribution >= 0.6 is 0 Å². The minimum atomic E-state index is -2.68. The Morgan fingerprint density at radius 1 is 1.26 bits per heavy atom. The fraction of sp³-hybridized carbons (Fsp3) is 0.387. The summed E-state index contributed by atoms with van der Waals surface area (Å²) in [7, 11) is 3.13. The number of benzene rings is 1. The molecular weight excluding hydrogens is 542 g/mol. The molecule has 42 heavy (non-hydrogen) atoms. The van der Waals surface area contributed by atoms with Crippen LogP contribution in [0.3, 0.4) is 0 Å². The Balaban J connectivity index is 1.71. The zero-order valence-corrected chi connectivity index (χ0v) is 23.9. The maximum Gasteiger partial charge on any atom is 0.255 e. The van der Waals surface area contributed by atoms with Crippen LogP contribution in [-0.4, -0.2) is 75.1 Å². The lowest BCUT2D eigenvalue weighted by atomic mass is 9.57. The van der Waals surface area contributed by atoms with E-state index in [1.807, 2.05) is 26.0 Å². The number of hydrogen-bond acceptors (Lipinski definition) is 10. The maximum absolute atomic E-state index is 14.1. The first-order valence-corrected chi connectivity index (χ1v) is 13.7. The van der Waals surface area contributed by atoms with Crippen LogP contribution in [0.15, 0.2) is 57.6 Å². The number of phenols is 1. The largest absolute Gasteiger partial charge is 0.508 e. The lowest BCUT2D eigenvalue weighted by Gasteiger charge is -2.50. The Bertz CT molecular complexity index is 1580.